The molecular formula is C12H27N3O. The lowest BCUT2D eigenvalue weighted by Crippen LogP contribution is -2.43. The summed E-state index contributed by atoms with van der Waals surface area (Å²) in [6, 6.07) is 0.0515. The maximum absolute atomic E-state index is 11.8. The largest absolute Gasteiger partial charge is 0.338 e. The SMILES string of the molecule is CCCCNC(=O)N(CCCN)CC(C)C. The van der Waals surface area contributed by atoms with Crippen LogP contribution in [0.5, 0.6) is 0 Å². The molecule has 0 aromatic carbocycles. The molecular weight excluding hydrogens is 202 g/mol. The normalized spacial score (nSPS) is 10.6. The topological polar surface area (TPSA) is 58.4 Å². The lowest BCUT2D eigenvalue weighted by atomic mass is 10.2. The lowest BCUT2D eigenvalue weighted by Gasteiger charge is -2.24. The summed E-state index contributed by atoms with van der Waals surface area (Å²) in [6.07, 6.45) is 3.01. The van der Waals surface area contributed by atoms with Crippen molar-refractivity contribution in [2.45, 2.75) is 40.0 Å². The zero-order valence-corrected chi connectivity index (χ0v) is 11.0. The Morgan fingerprint density at radius 3 is 2.56 bits per heavy atom. The van der Waals surface area contributed by atoms with E-state index in [4.69, 9.17) is 5.73 Å². The second kappa shape index (κ2) is 9.46. The summed E-state index contributed by atoms with van der Waals surface area (Å²) in [5.41, 5.74) is 5.47. The van der Waals surface area contributed by atoms with Crippen molar-refractivity contribution in [2.75, 3.05) is 26.2 Å². The van der Waals surface area contributed by atoms with Crippen LogP contribution in [0.4, 0.5) is 4.79 Å². The van der Waals surface area contributed by atoms with Crippen molar-refractivity contribution in [2.24, 2.45) is 11.7 Å². The first kappa shape index (κ1) is 15.2. The van der Waals surface area contributed by atoms with E-state index >= 15 is 0 Å². The van der Waals surface area contributed by atoms with Crippen LogP contribution in [0, 0.1) is 5.92 Å². The van der Waals surface area contributed by atoms with Gasteiger partial charge in [-0.25, -0.2) is 4.79 Å². The number of amides is 2. The van der Waals surface area contributed by atoms with Crippen LogP contribution in [-0.4, -0.2) is 37.1 Å². The fraction of sp³-hybridized carbons (Fsp3) is 0.917. The fourth-order valence-corrected chi connectivity index (χ4v) is 1.48. The van der Waals surface area contributed by atoms with Crippen molar-refractivity contribution in [1.82, 2.24) is 10.2 Å². The van der Waals surface area contributed by atoms with Crippen LogP contribution >= 0.6 is 0 Å². The standard InChI is InChI=1S/C12H27N3O/c1-4-5-8-14-12(16)15(9-6-7-13)10-11(2)3/h11H,4-10,13H2,1-3H3,(H,14,16). The third-order valence-electron chi connectivity index (χ3n) is 2.31. The van der Waals surface area contributed by atoms with Gasteiger partial charge in [0.1, 0.15) is 0 Å². The number of nitrogens with one attached hydrogen (secondary N) is 1. The molecule has 0 aromatic heterocycles. The third kappa shape index (κ3) is 7.51. The van der Waals surface area contributed by atoms with E-state index in [1.54, 1.807) is 0 Å². The molecule has 2 amide bonds. The highest BCUT2D eigenvalue weighted by atomic mass is 16.2. The predicted octanol–water partition coefficient (Wildman–Crippen LogP) is 1.80. The van der Waals surface area contributed by atoms with Crippen LogP contribution in [0.2, 0.25) is 0 Å². The first-order valence-electron chi connectivity index (χ1n) is 6.34. The Kier molecular flexibility index (Phi) is 9.00. The molecule has 0 spiro atoms. The number of urea groups is 1. The number of nitrogens with zero attached hydrogens (tertiary/aromatic N) is 1. The van der Waals surface area contributed by atoms with E-state index in [0.29, 0.717) is 12.5 Å². The summed E-state index contributed by atoms with van der Waals surface area (Å²) in [5.74, 6) is 0.495. The van der Waals surface area contributed by atoms with Gasteiger partial charge in [-0.15, -0.1) is 0 Å². The highest BCUT2D eigenvalue weighted by molar-refractivity contribution is 5.74. The van der Waals surface area contributed by atoms with Gasteiger partial charge in [0.2, 0.25) is 0 Å². The molecule has 0 bridgehead atoms. The first-order valence-corrected chi connectivity index (χ1v) is 6.34. The van der Waals surface area contributed by atoms with Gasteiger partial charge in [0, 0.05) is 19.6 Å². The molecule has 0 radical (unpaired) electrons. The molecule has 0 aromatic rings. The van der Waals surface area contributed by atoms with E-state index in [1.165, 1.54) is 0 Å². The zero-order valence-electron chi connectivity index (χ0n) is 11.0. The molecule has 0 unspecified atom stereocenters. The van der Waals surface area contributed by atoms with Crippen molar-refractivity contribution >= 4 is 6.03 Å². The number of hydrogen-bond donors (Lipinski definition) is 2. The monoisotopic (exact) mass is 229 g/mol. The molecule has 0 saturated heterocycles. The highest BCUT2D eigenvalue weighted by Gasteiger charge is 2.13. The Hall–Kier alpha value is -0.770. The molecule has 0 atom stereocenters. The Morgan fingerprint density at radius 1 is 1.38 bits per heavy atom. The summed E-state index contributed by atoms with van der Waals surface area (Å²) in [7, 11) is 0. The summed E-state index contributed by atoms with van der Waals surface area (Å²) < 4.78 is 0. The van der Waals surface area contributed by atoms with Crippen molar-refractivity contribution in [3.8, 4) is 0 Å². The summed E-state index contributed by atoms with van der Waals surface area (Å²) in [6.45, 7) is 9.32. The highest BCUT2D eigenvalue weighted by Crippen LogP contribution is 2.00. The second-order valence-electron chi connectivity index (χ2n) is 4.57. The quantitative estimate of drug-likeness (QED) is 0.624. The molecule has 0 saturated carbocycles. The minimum atomic E-state index is 0.0515. The van der Waals surface area contributed by atoms with Crippen molar-refractivity contribution in [1.29, 1.82) is 0 Å². The van der Waals surface area contributed by atoms with Gasteiger partial charge in [-0.1, -0.05) is 27.2 Å². The van der Waals surface area contributed by atoms with E-state index < -0.39 is 0 Å². The van der Waals surface area contributed by atoms with Gasteiger partial charge in [-0.05, 0) is 25.3 Å². The number of hydrogen-bond acceptors (Lipinski definition) is 2. The number of carbonyl (C=O) groups excluding carboxylic acids is 1. The summed E-state index contributed by atoms with van der Waals surface area (Å²) in [4.78, 5) is 13.7. The van der Waals surface area contributed by atoms with Gasteiger partial charge >= 0.3 is 6.03 Å². The third-order valence-corrected chi connectivity index (χ3v) is 2.31. The smallest absolute Gasteiger partial charge is 0.317 e. The predicted molar refractivity (Wildman–Crippen MR) is 68.4 cm³/mol. The molecule has 0 rings (SSSR count). The fourth-order valence-electron chi connectivity index (χ4n) is 1.48. The van der Waals surface area contributed by atoms with Crippen LogP contribution < -0.4 is 11.1 Å². The van der Waals surface area contributed by atoms with Gasteiger partial charge in [0.25, 0.3) is 0 Å². The number of unbranched alkanes of at least 4 members (excludes halogenated alkanes) is 1. The van der Waals surface area contributed by atoms with Gasteiger partial charge in [0.15, 0.2) is 0 Å². The first-order chi connectivity index (χ1) is 7.61. The average Bonchev–Trinajstić information content (AvgIpc) is 2.23. The van der Waals surface area contributed by atoms with Gasteiger partial charge < -0.3 is 16.0 Å². The van der Waals surface area contributed by atoms with Crippen LogP contribution in [0.3, 0.4) is 0 Å². The summed E-state index contributed by atoms with van der Waals surface area (Å²) in [5, 5.41) is 2.94. The summed E-state index contributed by atoms with van der Waals surface area (Å²) >= 11 is 0. The van der Waals surface area contributed by atoms with Crippen LogP contribution in [-0.2, 0) is 0 Å². The molecule has 4 nitrogen and oxygen atoms in total. The van der Waals surface area contributed by atoms with Crippen molar-refractivity contribution in [3.63, 3.8) is 0 Å². The van der Waals surface area contributed by atoms with Crippen LogP contribution in [0.15, 0.2) is 0 Å². The van der Waals surface area contributed by atoms with Crippen molar-refractivity contribution < 1.29 is 4.79 Å². The van der Waals surface area contributed by atoms with E-state index in [0.717, 1.165) is 38.9 Å². The molecule has 0 aliphatic heterocycles. The Bertz CT molecular complexity index is 183. The molecule has 0 heterocycles. The van der Waals surface area contributed by atoms with E-state index in [9.17, 15) is 4.79 Å². The van der Waals surface area contributed by atoms with Crippen LogP contribution in [0.25, 0.3) is 0 Å². The molecule has 3 N–H and O–H groups in total. The molecule has 0 aliphatic carbocycles. The number of nitrogens with two attached hydrogens (primary N) is 1. The van der Waals surface area contributed by atoms with Gasteiger partial charge in [-0.2, -0.15) is 0 Å². The van der Waals surface area contributed by atoms with E-state index in [2.05, 4.69) is 26.1 Å². The molecule has 4 heteroatoms. The number of rotatable bonds is 8. The van der Waals surface area contributed by atoms with Crippen LogP contribution in [0.1, 0.15) is 40.0 Å². The second-order valence-corrected chi connectivity index (χ2v) is 4.57. The Morgan fingerprint density at radius 2 is 2.06 bits per heavy atom. The minimum Gasteiger partial charge on any atom is -0.338 e. The maximum atomic E-state index is 11.8. The average molecular weight is 229 g/mol. The molecule has 0 aliphatic rings. The molecule has 96 valence electrons. The zero-order chi connectivity index (χ0) is 12.4. The molecule has 0 fully saturated rings. The van der Waals surface area contributed by atoms with E-state index in [-0.39, 0.29) is 6.03 Å². The minimum absolute atomic E-state index is 0.0515. The lowest BCUT2D eigenvalue weighted by molar-refractivity contribution is 0.190. The van der Waals surface area contributed by atoms with Gasteiger partial charge in [-0.3, -0.25) is 0 Å². The van der Waals surface area contributed by atoms with E-state index in [1.807, 2.05) is 4.90 Å². The molecule has 16 heavy (non-hydrogen) atoms. The van der Waals surface area contributed by atoms with Gasteiger partial charge in [0.05, 0.1) is 0 Å². The Balaban J connectivity index is 3.99. The van der Waals surface area contributed by atoms with Crippen molar-refractivity contribution in [3.05, 3.63) is 0 Å². The maximum Gasteiger partial charge on any atom is 0.317 e. The number of carbonyl (C=O) groups is 1. The Labute approximate surface area is 99.6 Å².